The van der Waals surface area contributed by atoms with Crippen LogP contribution in [0.3, 0.4) is 0 Å². The molecule has 0 radical (unpaired) electrons. The standard InChI is InChI=1S/C16H16F4N2O2/c1-22-5-4-10(14-8-15(23)21-24-14)7-13(22)9-2-3-11(12(17)6-9)16(18,19)20/h2-3,6,8,10,13H,4-5,7H2,1H3,(H,21,23). The fourth-order valence-corrected chi connectivity index (χ4v) is 3.20. The molecule has 0 saturated carbocycles. The van der Waals surface area contributed by atoms with Gasteiger partial charge in [-0.05, 0) is 44.1 Å². The third kappa shape index (κ3) is 3.24. The molecule has 1 fully saturated rings. The van der Waals surface area contributed by atoms with Crippen molar-refractivity contribution in [2.45, 2.75) is 31.0 Å². The first kappa shape index (κ1) is 16.8. The molecule has 0 aliphatic carbocycles. The van der Waals surface area contributed by atoms with Crippen LogP contribution in [0.4, 0.5) is 17.6 Å². The smallest absolute Gasteiger partial charge is 0.383 e. The second kappa shape index (κ2) is 6.08. The zero-order valence-electron chi connectivity index (χ0n) is 12.9. The molecule has 1 aromatic heterocycles. The summed E-state index contributed by atoms with van der Waals surface area (Å²) in [6, 6.07) is 4.15. The highest BCUT2D eigenvalue weighted by Gasteiger charge is 2.35. The van der Waals surface area contributed by atoms with Crippen LogP contribution in [0.25, 0.3) is 0 Å². The largest absolute Gasteiger partial charge is 0.419 e. The Morgan fingerprint density at radius 1 is 1.29 bits per heavy atom. The third-order valence-corrected chi connectivity index (χ3v) is 4.50. The molecular formula is C16H16F4N2O2. The van der Waals surface area contributed by atoms with E-state index in [0.29, 0.717) is 24.3 Å². The van der Waals surface area contributed by atoms with Crippen molar-refractivity contribution in [1.82, 2.24) is 10.1 Å². The number of halogens is 4. The normalized spacial score (nSPS) is 22.7. The number of hydrogen-bond acceptors (Lipinski definition) is 3. The van der Waals surface area contributed by atoms with E-state index in [9.17, 15) is 22.4 Å². The molecule has 2 aromatic rings. The van der Waals surface area contributed by atoms with Gasteiger partial charge in [0.2, 0.25) is 0 Å². The second-order valence-corrected chi connectivity index (χ2v) is 6.07. The minimum Gasteiger partial charge on any atom is -0.383 e. The van der Waals surface area contributed by atoms with Crippen LogP contribution in [0.2, 0.25) is 0 Å². The molecular weight excluding hydrogens is 328 g/mol. The van der Waals surface area contributed by atoms with E-state index < -0.39 is 17.6 Å². The topological polar surface area (TPSA) is 49.2 Å². The number of nitrogens with zero attached hydrogens (tertiary/aromatic N) is 1. The van der Waals surface area contributed by atoms with Crippen molar-refractivity contribution in [2.75, 3.05) is 13.6 Å². The summed E-state index contributed by atoms with van der Waals surface area (Å²) >= 11 is 0. The van der Waals surface area contributed by atoms with E-state index in [1.165, 1.54) is 12.1 Å². The molecule has 1 saturated heterocycles. The summed E-state index contributed by atoms with van der Waals surface area (Å²) < 4.78 is 57.0. The Labute approximate surface area is 135 Å². The van der Waals surface area contributed by atoms with Gasteiger partial charge < -0.3 is 4.52 Å². The molecule has 1 N–H and O–H groups in total. The number of hydrogen-bond donors (Lipinski definition) is 1. The van der Waals surface area contributed by atoms with Crippen LogP contribution < -0.4 is 5.56 Å². The Morgan fingerprint density at radius 2 is 2.04 bits per heavy atom. The van der Waals surface area contributed by atoms with E-state index in [2.05, 4.69) is 5.16 Å². The summed E-state index contributed by atoms with van der Waals surface area (Å²) in [6.45, 7) is 0.660. The highest BCUT2D eigenvalue weighted by atomic mass is 19.4. The Bertz CT molecular complexity index is 781. The van der Waals surface area contributed by atoms with Gasteiger partial charge in [0.1, 0.15) is 11.6 Å². The van der Waals surface area contributed by atoms with Crippen molar-refractivity contribution in [3.05, 3.63) is 57.3 Å². The molecule has 0 amide bonds. The Hall–Kier alpha value is -2.09. The van der Waals surface area contributed by atoms with Gasteiger partial charge in [-0.2, -0.15) is 18.3 Å². The number of benzene rings is 1. The molecule has 1 aromatic carbocycles. The molecule has 2 unspecified atom stereocenters. The number of aromatic amines is 1. The number of piperidine rings is 1. The van der Waals surface area contributed by atoms with Gasteiger partial charge in [0.05, 0.1) is 5.56 Å². The van der Waals surface area contributed by atoms with Gasteiger partial charge in [-0.15, -0.1) is 0 Å². The highest BCUT2D eigenvalue weighted by Crippen LogP contribution is 2.39. The first-order chi connectivity index (χ1) is 11.3. The number of alkyl halides is 3. The zero-order chi connectivity index (χ0) is 17.5. The van der Waals surface area contributed by atoms with Gasteiger partial charge in [-0.25, -0.2) is 4.39 Å². The maximum atomic E-state index is 13.8. The van der Waals surface area contributed by atoms with E-state index in [0.717, 1.165) is 18.6 Å². The van der Waals surface area contributed by atoms with E-state index in [1.807, 2.05) is 11.9 Å². The van der Waals surface area contributed by atoms with Crippen LogP contribution in [0.5, 0.6) is 0 Å². The lowest BCUT2D eigenvalue weighted by molar-refractivity contribution is -0.140. The summed E-state index contributed by atoms with van der Waals surface area (Å²) in [5.41, 5.74) is -1.12. The lowest BCUT2D eigenvalue weighted by Crippen LogP contribution is -2.33. The second-order valence-electron chi connectivity index (χ2n) is 6.07. The molecule has 0 spiro atoms. The SMILES string of the molecule is CN1CCC(c2cc(=O)[nH]o2)CC1c1ccc(C(F)(F)F)c(F)c1. The van der Waals surface area contributed by atoms with Crippen molar-refractivity contribution in [3.63, 3.8) is 0 Å². The molecule has 4 nitrogen and oxygen atoms in total. The molecule has 8 heteroatoms. The molecule has 1 aliphatic heterocycles. The predicted octanol–water partition coefficient (Wildman–Crippen LogP) is 3.68. The third-order valence-electron chi connectivity index (χ3n) is 4.50. The maximum Gasteiger partial charge on any atom is 0.419 e. The van der Waals surface area contributed by atoms with Gasteiger partial charge in [-0.3, -0.25) is 9.69 Å². The van der Waals surface area contributed by atoms with E-state index in [1.54, 1.807) is 0 Å². The molecule has 2 heterocycles. The summed E-state index contributed by atoms with van der Waals surface area (Å²) in [5.74, 6) is -0.801. The first-order valence-electron chi connectivity index (χ1n) is 7.51. The molecule has 0 bridgehead atoms. The van der Waals surface area contributed by atoms with Crippen LogP contribution in [0, 0.1) is 5.82 Å². The van der Waals surface area contributed by atoms with Crippen LogP contribution in [0.1, 0.15) is 41.7 Å². The molecule has 2 atom stereocenters. The van der Waals surface area contributed by atoms with Crippen LogP contribution in [0.15, 0.2) is 33.6 Å². The van der Waals surface area contributed by atoms with Crippen LogP contribution in [-0.4, -0.2) is 23.6 Å². The summed E-state index contributed by atoms with van der Waals surface area (Å²) in [6.07, 6.45) is -3.43. The first-order valence-corrected chi connectivity index (χ1v) is 7.51. The van der Waals surface area contributed by atoms with Crippen LogP contribution in [-0.2, 0) is 6.18 Å². The zero-order valence-corrected chi connectivity index (χ0v) is 12.9. The number of H-pyrrole nitrogens is 1. The van der Waals surface area contributed by atoms with Crippen molar-refractivity contribution < 1.29 is 22.1 Å². The fourth-order valence-electron chi connectivity index (χ4n) is 3.20. The van der Waals surface area contributed by atoms with Gasteiger partial charge >= 0.3 is 6.18 Å². The number of rotatable bonds is 2. The fraction of sp³-hybridized carbons (Fsp3) is 0.438. The minimum atomic E-state index is -4.71. The highest BCUT2D eigenvalue weighted by molar-refractivity contribution is 5.29. The van der Waals surface area contributed by atoms with Gasteiger partial charge in [-0.1, -0.05) is 6.07 Å². The summed E-state index contributed by atoms with van der Waals surface area (Å²) in [4.78, 5) is 13.2. The average Bonchev–Trinajstić information content (AvgIpc) is 2.93. The van der Waals surface area contributed by atoms with Crippen molar-refractivity contribution in [3.8, 4) is 0 Å². The maximum absolute atomic E-state index is 13.8. The summed E-state index contributed by atoms with van der Waals surface area (Å²) in [5, 5.41) is 2.24. The molecule has 130 valence electrons. The van der Waals surface area contributed by atoms with Gasteiger partial charge in [0.25, 0.3) is 5.56 Å². The predicted molar refractivity (Wildman–Crippen MR) is 78.1 cm³/mol. The van der Waals surface area contributed by atoms with Crippen LogP contribution >= 0.6 is 0 Å². The van der Waals surface area contributed by atoms with Crippen molar-refractivity contribution in [2.24, 2.45) is 0 Å². The number of likely N-dealkylation sites (tertiary alicyclic amines) is 1. The van der Waals surface area contributed by atoms with Gasteiger partial charge in [0.15, 0.2) is 0 Å². The quantitative estimate of drug-likeness (QED) is 0.846. The minimum absolute atomic E-state index is 0.0458. The number of nitrogens with one attached hydrogen (secondary N) is 1. The van der Waals surface area contributed by atoms with Gasteiger partial charge in [0, 0.05) is 18.0 Å². The van der Waals surface area contributed by atoms with Crippen molar-refractivity contribution >= 4 is 0 Å². The van der Waals surface area contributed by atoms with E-state index in [4.69, 9.17) is 4.52 Å². The Balaban J connectivity index is 1.87. The Kier molecular flexibility index (Phi) is 4.25. The van der Waals surface area contributed by atoms with E-state index in [-0.39, 0.29) is 17.5 Å². The van der Waals surface area contributed by atoms with E-state index >= 15 is 0 Å². The van der Waals surface area contributed by atoms with Crippen molar-refractivity contribution in [1.29, 1.82) is 0 Å². The average molecular weight is 344 g/mol. The lowest BCUT2D eigenvalue weighted by atomic mass is 9.85. The summed E-state index contributed by atoms with van der Waals surface area (Å²) in [7, 11) is 1.84. The Morgan fingerprint density at radius 3 is 2.62 bits per heavy atom. The molecule has 1 aliphatic rings. The number of aromatic nitrogens is 1. The monoisotopic (exact) mass is 344 g/mol. The lowest BCUT2D eigenvalue weighted by Gasteiger charge is -2.36. The molecule has 24 heavy (non-hydrogen) atoms. The molecule has 3 rings (SSSR count).